The monoisotopic (exact) mass is 388 g/mol. The molecule has 2 aromatic rings. The highest BCUT2D eigenvalue weighted by Gasteiger charge is 2.33. The number of anilines is 2. The number of hydrogen-bond donors (Lipinski definition) is 2. The molecule has 0 spiro atoms. The number of hydrogen-bond acceptors (Lipinski definition) is 5. The summed E-state index contributed by atoms with van der Waals surface area (Å²) in [4.78, 5) is 19.8. The lowest BCUT2D eigenvalue weighted by atomic mass is 10.2. The molecule has 0 saturated carbocycles. The molecule has 2 rings (SSSR count). The summed E-state index contributed by atoms with van der Waals surface area (Å²) in [5.74, 6) is -0.240. The van der Waals surface area contributed by atoms with E-state index >= 15 is 0 Å². The number of nitrogens with zero attached hydrogens (tertiary/aromatic N) is 2. The predicted molar refractivity (Wildman–Crippen MR) is 90.6 cm³/mol. The summed E-state index contributed by atoms with van der Waals surface area (Å²) in [6, 6.07) is 4.73. The van der Waals surface area contributed by atoms with Crippen LogP contribution in [0.5, 0.6) is 0 Å². The van der Waals surface area contributed by atoms with E-state index in [2.05, 4.69) is 20.6 Å². The van der Waals surface area contributed by atoms with Crippen LogP contribution >= 0.6 is 11.6 Å². The fourth-order valence-electron chi connectivity index (χ4n) is 2.03. The summed E-state index contributed by atoms with van der Waals surface area (Å²) in [6.45, 7) is 0.917. The molecule has 0 bridgehead atoms. The molecule has 10 heteroatoms. The minimum absolute atomic E-state index is 0.0879. The fraction of sp³-hybridized carbons (Fsp3) is 0.312. The van der Waals surface area contributed by atoms with Crippen LogP contribution in [0.25, 0.3) is 0 Å². The second kappa shape index (κ2) is 8.81. The Kier molecular flexibility index (Phi) is 6.76. The average Bonchev–Trinajstić information content (AvgIpc) is 2.59. The number of alkyl halides is 3. The third-order valence-corrected chi connectivity index (χ3v) is 3.58. The SMILES string of the molecule is COCCCNC(=O)c1cc(Nc2ccc(Cl)c(C(F)(F)F)c2)ncn1. The van der Waals surface area contributed by atoms with E-state index in [0.717, 1.165) is 18.5 Å². The van der Waals surface area contributed by atoms with Gasteiger partial charge in [-0.15, -0.1) is 0 Å². The Morgan fingerprint density at radius 2 is 2.04 bits per heavy atom. The Bertz CT molecular complexity index is 771. The standard InChI is InChI=1S/C16H16ClF3N4O2/c1-26-6-2-5-21-15(25)13-8-14(23-9-22-13)24-10-3-4-12(17)11(7-10)16(18,19)20/h3-4,7-9H,2,5-6H2,1H3,(H,21,25)(H,22,23,24). The normalized spacial score (nSPS) is 11.3. The quantitative estimate of drug-likeness (QED) is 0.708. The first-order valence-electron chi connectivity index (χ1n) is 7.54. The van der Waals surface area contributed by atoms with E-state index in [4.69, 9.17) is 16.3 Å². The van der Waals surface area contributed by atoms with Gasteiger partial charge >= 0.3 is 6.18 Å². The van der Waals surface area contributed by atoms with Crippen molar-refractivity contribution in [1.82, 2.24) is 15.3 Å². The number of rotatable bonds is 7. The van der Waals surface area contributed by atoms with E-state index in [1.54, 1.807) is 7.11 Å². The molecule has 2 N–H and O–H groups in total. The van der Waals surface area contributed by atoms with E-state index in [1.165, 1.54) is 12.1 Å². The van der Waals surface area contributed by atoms with Gasteiger partial charge in [-0.1, -0.05) is 11.6 Å². The maximum absolute atomic E-state index is 12.9. The van der Waals surface area contributed by atoms with Crippen molar-refractivity contribution >= 4 is 29.0 Å². The lowest BCUT2D eigenvalue weighted by Crippen LogP contribution is -2.26. The average molecular weight is 389 g/mol. The number of amides is 1. The number of carbonyl (C=O) groups excluding carboxylic acids is 1. The van der Waals surface area contributed by atoms with Crippen LogP contribution in [0, 0.1) is 0 Å². The second-order valence-corrected chi connectivity index (χ2v) is 5.62. The van der Waals surface area contributed by atoms with Gasteiger partial charge in [-0.3, -0.25) is 4.79 Å². The van der Waals surface area contributed by atoms with Crippen LogP contribution in [-0.2, 0) is 10.9 Å². The predicted octanol–water partition coefficient (Wildman–Crippen LogP) is 3.66. The first-order chi connectivity index (χ1) is 12.3. The number of benzene rings is 1. The molecule has 0 atom stereocenters. The largest absolute Gasteiger partial charge is 0.417 e. The van der Waals surface area contributed by atoms with Crippen LogP contribution in [0.15, 0.2) is 30.6 Å². The van der Waals surface area contributed by atoms with Crippen molar-refractivity contribution in [1.29, 1.82) is 0 Å². The van der Waals surface area contributed by atoms with E-state index < -0.39 is 22.7 Å². The van der Waals surface area contributed by atoms with Gasteiger partial charge in [0.05, 0.1) is 10.6 Å². The minimum atomic E-state index is -4.58. The zero-order valence-electron chi connectivity index (χ0n) is 13.7. The second-order valence-electron chi connectivity index (χ2n) is 5.21. The first kappa shape index (κ1) is 19.9. The lowest BCUT2D eigenvalue weighted by Gasteiger charge is -2.12. The van der Waals surface area contributed by atoms with Crippen molar-refractivity contribution < 1.29 is 22.7 Å². The number of ether oxygens (including phenoxy) is 1. The first-order valence-corrected chi connectivity index (χ1v) is 7.92. The van der Waals surface area contributed by atoms with E-state index in [-0.39, 0.29) is 17.2 Å². The number of methoxy groups -OCH3 is 1. The van der Waals surface area contributed by atoms with Gasteiger partial charge in [-0.05, 0) is 24.6 Å². The molecule has 0 radical (unpaired) electrons. The van der Waals surface area contributed by atoms with Gasteiger partial charge in [0, 0.05) is 32.0 Å². The van der Waals surface area contributed by atoms with Crippen molar-refractivity contribution in [2.45, 2.75) is 12.6 Å². The highest BCUT2D eigenvalue weighted by atomic mass is 35.5. The number of aromatic nitrogens is 2. The smallest absolute Gasteiger partial charge is 0.385 e. The summed E-state index contributed by atoms with van der Waals surface area (Å²) in [5.41, 5.74) is -0.744. The van der Waals surface area contributed by atoms with Gasteiger partial charge in [0.2, 0.25) is 0 Å². The van der Waals surface area contributed by atoms with Crippen molar-refractivity contribution in [2.75, 3.05) is 25.6 Å². The molecular weight excluding hydrogens is 373 g/mol. The third-order valence-electron chi connectivity index (χ3n) is 3.25. The van der Waals surface area contributed by atoms with Crippen LogP contribution in [0.2, 0.25) is 5.02 Å². The molecule has 0 fully saturated rings. The zero-order chi connectivity index (χ0) is 19.2. The van der Waals surface area contributed by atoms with Gasteiger partial charge < -0.3 is 15.4 Å². The Hall–Kier alpha value is -2.39. The highest BCUT2D eigenvalue weighted by molar-refractivity contribution is 6.31. The van der Waals surface area contributed by atoms with Crippen molar-refractivity contribution in [3.8, 4) is 0 Å². The molecule has 6 nitrogen and oxygen atoms in total. The van der Waals surface area contributed by atoms with E-state index in [0.29, 0.717) is 19.6 Å². The molecule has 26 heavy (non-hydrogen) atoms. The molecule has 0 aliphatic carbocycles. The maximum Gasteiger partial charge on any atom is 0.417 e. The molecule has 140 valence electrons. The molecule has 0 aliphatic rings. The third kappa shape index (κ3) is 5.57. The van der Waals surface area contributed by atoms with Gasteiger partial charge in [-0.25, -0.2) is 9.97 Å². The molecule has 0 saturated heterocycles. The Labute approximate surface area is 152 Å². The van der Waals surface area contributed by atoms with Crippen LogP contribution in [0.4, 0.5) is 24.7 Å². The van der Waals surface area contributed by atoms with Gasteiger partial charge in [0.1, 0.15) is 17.8 Å². The zero-order valence-corrected chi connectivity index (χ0v) is 14.5. The summed E-state index contributed by atoms with van der Waals surface area (Å²) in [7, 11) is 1.56. The van der Waals surface area contributed by atoms with Crippen molar-refractivity contribution in [3.05, 3.63) is 46.9 Å². The topological polar surface area (TPSA) is 76.1 Å². The molecule has 0 aliphatic heterocycles. The molecular formula is C16H16ClF3N4O2. The Morgan fingerprint density at radius 3 is 2.73 bits per heavy atom. The Morgan fingerprint density at radius 1 is 1.27 bits per heavy atom. The van der Waals surface area contributed by atoms with E-state index in [1.807, 2.05) is 0 Å². The molecule has 0 unspecified atom stereocenters. The van der Waals surface area contributed by atoms with Crippen LogP contribution in [0.1, 0.15) is 22.5 Å². The van der Waals surface area contributed by atoms with Gasteiger partial charge in [-0.2, -0.15) is 13.2 Å². The van der Waals surface area contributed by atoms with Gasteiger partial charge in [0.15, 0.2) is 0 Å². The lowest BCUT2D eigenvalue weighted by molar-refractivity contribution is -0.137. The molecule has 1 amide bonds. The number of halogens is 4. The van der Waals surface area contributed by atoms with E-state index in [9.17, 15) is 18.0 Å². The molecule has 1 aromatic heterocycles. The van der Waals surface area contributed by atoms with Crippen LogP contribution < -0.4 is 10.6 Å². The summed E-state index contributed by atoms with van der Waals surface area (Å²) in [5, 5.41) is 4.96. The Balaban J connectivity index is 2.10. The molecule has 1 heterocycles. The summed E-state index contributed by atoms with van der Waals surface area (Å²) >= 11 is 5.59. The van der Waals surface area contributed by atoms with Crippen LogP contribution in [-0.4, -0.2) is 36.1 Å². The van der Waals surface area contributed by atoms with Crippen molar-refractivity contribution in [3.63, 3.8) is 0 Å². The molecule has 1 aromatic carbocycles. The van der Waals surface area contributed by atoms with Gasteiger partial charge in [0.25, 0.3) is 5.91 Å². The van der Waals surface area contributed by atoms with Crippen molar-refractivity contribution in [2.24, 2.45) is 0 Å². The number of carbonyl (C=O) groups is 1. The fourth-order valence-corrected chi connectivity index (χ4v) is 2.25. The summed E-state index contributed by atoms with van der Waals surface area (Å²) < 4.78 is 43.6. The van der Waals surface area contributed by atoms with Crippen LogP contribution in [0.3, 0.4) is 0 Å². The maximum atomic E-state index is 12.9. The number of nitrogens with one attached hydrogen (secondary N) is 2. The summed E-state index contributed by atoms with van der Waals surface area (Å²) in [6.07, 6.45) is -2.79. The minimum Gasteiger partial charge on any atom is -0.385 e. The highest BCUT2D eigenvalue weighted by Crippen LogP contribution is 2.36.